The molecule has 0 aliphatic heterocycles. The first-order valence-electron chi connectivity index (χ1n) is 10.7. The minimum atomic E-state index is 0. The molecule has 4 aromatic rings. The fourth-order valence-electron chi connectivity index (χ4n) is 3.03. The van der Waals surface area contributed by atoms with E-state index in [1.54, 1.807) is 48.5 Å². The molecule has 0 fully saturated rings. The average molecular weight is 542 g/mol. The second-order valence-corrected chi connectivity index (χ2v) is 7.29. The van der Waals surface area contributed by atoms with Crippen LogP contribution in [0.1, 0.15) is 22.3 Å². The van der Waals surface area contributed by atoms with Crippen molar-refractivity contribution in [3.63, 3.8) is 0 Å². The summed E-state index contributed by atoms with van der Waals surface area (Å²) in [5.41, 5.74) is 2.70. The molecule has 5 heteroatoms. The molecule has 0 bridgehead atoms. The van der Waals surface area contributed by atoms with Crippen LogP contribution < -0.4 is 0 Å². The number of hydrogen-bond acceptors (Lipinski definition) is 2. The molecule has 0 amide bonds. The molecule has 0 atom stereocenters. The molecule has 35 heavy (non-hydrogen) atoms. The first-order chi connectivity index (χ1) is 16.5. The van der Waals surface area contributed by atoms with E-state index in [0.29, 0.717) is 22.3 Å². The number of allylic oxidation sites excluding steroid dienone is 2. The summed E-state index contributed by atoms with van der Waals surface area (Å²) in [4.78, 5) is 19.7. The van der Waals surface area contributed by atoms with Crippen LogP contribution in [0.15, 0.2) is 133 Å². The summed E-state index contributed by atoms with van der Waals surface area (Å²) in [5.74, 6) is 0.192. The standard InChI is InChI=1S/2C15H12O2.Zr/c2*16-14(12-7-3-1-4-8-12)11-15(17)13-9-5-2-6-10-13;/h2*1-11,16H;/p+2/b2*14-11-;. The van der Waals surface area contributed by atoms with Crippen molar-refractivity contribution in [3.8, 4) is 0 Å². The van der Waals surface area contributed by atoms with E-state index in [1.807, 2.05) is 72.8 Å². The summed E-state index contributed by atoms with van der Waals surface area (Å²) in [7, 11) is 0. The third-order valence-electron chi connectivity index (χ3n) is 4.83. The van der Waals surface area contributed by atoms with Crippen LogP contribution in [-0.4, -0.2) is 31.4 Å². The van der Waals surface area contributed by atoms with Gasteiger partial charge in [-0.1, -0.05) is 97.1 Å². The molecule has 0 aliphatic carbocycles. The van der Waals surface area contributed by atoms with Crippen LogP contribution in [-0.2, 0) is 26.2 Å². The van der Waals surface area contributed by atoms with Crippen molar-refractivity contribution >= 4 is 23.1 Å². The largest absolute Gasteiger partial charge is 0.507 e. The monoisotopic (exact) mass is 540 g/mol. The van der Waals surface area contributed by atoms with Gasteiger partial charge in [0.15, 0.2) is 0 Å². The Morgan fingerprint density at radius 1 is 0.429 bits per heavy atom. The predicted octanol–water partition coefficient (Wildman–Crippen LogP) is 6.35. The van der Waals surface area contributed by atoms with Gasteiger partial charge in [-0.2, -0.15) is 0 Å². The van der Waals surface area contributed by atoms with E-state index in [-0.39, 0.29) is 49.3 Å². The predicted molar refractivity (Wildman–Crippen MR) is 139 cm³/mol. The fourth-order valence-corrected chi connectivity index (χ4v) is 3.03. The van der Waals surface area contributed by atoms with Gasteiger partial charge < -0.3 is 10.2 Å². The van der Waals surface area contributed by atoms with E-state index in [9.17, 15) is 19.8 Å². The third kappa shape index (κ3) is 8.80. The maximum Gasteiger partial charge on any atom is 0.350 e. The first-order valence-corrected chi connectivity index (χ1v) is 10.7. The van der Waals surface area contributed by atoms with Gasteiger partial charge in [-0.05, 0) is 24.3 Å². The van der Waals surface area contributed by atoms with Crippen molar-refractivity contribution in [2.45, 2.75) is 0 Å². The maximum absolute atomic E-state index is 9.83. The van der Waals surface area contributed by atoms with Crippen molar-refractivity contribution in [1.29, 1.82) is 0 Å². The molecule has 0 heterocycles. The minimum absolute atomic E-state index is 0. The Labute approximate surface area is 224 Å². The van der Waals surface area contributed by atoms with Crippen LogP contribution in [0, 0.1) is 0 Å². The topological polar surface area (TPSA) is 83.3 Å². The number of aliphatic hydroxyl groups excluding tert-OH is 2. The molecular weight excluding hydrogens is 516 g/mol. The number of ketones is 2. The van der Waals surface area contributed by atoms with Gasteiger partial charge >= 0.3 is 11.6 Å². The first kappa shape index (κ1) is 27.4. The summed E-state index contributed by atoms with van der Waals surface area (Å²) in [6, 6.07) is 36.4. The molecular formula is C30H26O4Zr+2. The third-order valence-corrected chi connectivity index (χ3v) is 4.83. The second kappa shape index (κ2) is 14.4. The summed E-state index contributed by atoms with van der Waals surface area (Å²) in [6.07, 6.45) is 2.70. The van der Waals surface area contributed by atoms with Crippen molar-refractivity contribution in [1.82, 2.24) is 0 Å². The quantitative estimate of drug-likeness (QED) is 0.129. The second-order valence-electron chi connectivity index (χ2n) is 7.29. The van der Waals surface area contributed by atoms with Gasteiger partial charge in [0.25, 0.3) is 0 Å². The summed E-state index contributed by atoms with van der Waals surface area (Å²) in [6.45, 7) is 0. The van der Waals surface area contributed by atoms with Gasteiger partial charge in [0.1, 0.15) is 11.5 Å². The Morgan fingerprint density at radius 2 is 0.657 bits per heavy atom. The van der Waals surface area contributed by atoms with Crippen LogP contribution in [0.5, 0.6) is 0 Å². The molecule has 4 rings (SSSR count). The molecule has 0 radical (unpaired) electrons. The molecule has 0 saturated carbocycles. The number of hydrogen-bond donors (Lipinski definition) is 2. The van der Waals surface area contributed by atoms with Gasteiger partial charge in [-0.15, -0.1) is 0 Å². The molecule has 4 N–H and O–H groups in total. The Balaban J connectivity index is 0.000000240. The van der Waals surface area contributed by atoms with Gasteiger partial charge in [0.2, 0.25) is 0 Å². The Hall–Kier alpha value is -3.82. The van der Waals surface area contributed by atoms with Crippen LogP contribution in [0.3, 0.4) is 0 Å². The molecule has 0 aliphatic rings. The number of benzene rings is 4. The number of carbonyl (C=O) groups excluding carboxylic acids is 2. The zero-order chi connectivity index (χ0) is 24.2. The fraction of sp³-hybridized carbons (Fsp3) is 0. The zero-order valence-electron chi connectivity index (χ0n) is 19.0. The van der Waals surface area contributed by atoms with Gasteiger partial charge in [-0.3, -0.25) is 9.59 Å². The van der Waals surface area contributed by atoms with E-state index in [1.165, 1.54) is 12.2 Å². The van der Waals surface area contributed by atoms with Crippen molar-refractivity contribution in [2.75, 3.05) is 0 Å². The maximum atomic E-state index is 9.83. The van der Waals surface area contributed by atoms with E-state index >= 15 is 0 Å². The number of aliphatic hydroxyl groups is 2. The molecule has 0 saturated heterocycles. The Morgan fingerprint density at radius 3 is 0.914 bits per heavy atom. The summed E-state index contributed by atoms with van der Waals surface area (Å²) < 4.78 is 0. The van der Waals surface area contributed by atoms with E-state index in [2.05, 4.69) is 0 Å². The molecule has 0 spiro atoms. The van der Waals surface area contributed by atoms with Crippen LogP contribution in [0.2, 0.25) is 0 Å². The number of rotatable bonds is 6. The molecule has 0 unspecified atom stereocenters. The average Bonchev–Trinajstić information content (AvgIpc) is 2.91. The van der Waals surface area contributed by atoms with Gasteiger partial charge in [0.05, 0.1) is 23.3 Å². The van der Waals surface area contributed by atoms with Crippen LogP contribution in [0.4, 0.5) is 0 Å². The van der Waals surface area contributed by atoms with E-state index in [0.717, 1.165) is 0 Å². The van der Waals surface area contributed by atoms with Crippen LogP contribution in [0.25, 0.3) is 11.5 Å². The molecule has 4 aromatic carbocycles. The normalized spacial score (nSPS) is 10.9. The Kier molecular flexibility index (Phi) is 11.3. The van der Waals surface area contributed by atoms with Gasteiger partial charge in [0, 0.05) is 37.3 Å². The smallest absolute Gasteiger partial charge is 0.350 e. The van der Waals surface area contributed by atoms with Crippen molar-refractivity contribution in [2.24, 2.45) is 0 Å². The summed E-state index contributed by atoms with van der Waals surface area (Å²) in [5, 5.41) is 19.7. The van der Waals surface area contributed by atoms with Crippen molar-refractivity contribution < 1.29 is 46.0 Å². The SMILES string of the molecule is O/C(=C\C(=[OH+])c1ccccc1)c1ccccc1.O/C(=C\C(=[OH+])c1ccccc1)c1ccccc1.[Zr]. The molecule has 4 nitrogen and oxygen atoms in total. The van der Waals surface area contributed by atoms with Crippen LogP contribution >= 0.6 is 0 Å². The van der Waals surface area contributed by atoms with E-state index in [4.69, 9.17) is 0 Å². The molecule has 172 valence electrons. The Bertz CT molecular complexity index is 1160. The minimum Gasteiger partial charge on any atom is -0.507 e. The van der Waals surface area contributed by atoms with Gasteiger partial charge in [-0.25, -0.2) is 0 Å². The summed E-state index contributed by atoms with van der Waals surface area (Å²) >= 11 is 0. The van der Waals surface area contributed by atoms with E-state index < -0.39 is 0 Å². The zero-order valence-corrected chi connectivity index (χ0v) is 21.4. The van der Waals surface area contributed by atoms with Crippen molar-refractivity contribution in [3.05, 3.63) is 156 Å². The molecule has 0 aromatic heterocycles.